The summed E-state index contributed by atoms with van der Waals surface area (Å²) in [7, 11) is 1.34. The molecule has 0 unspecified atom stereocenters. The van der Waals surface area contributed by atoms with Crippen molar-refractivity contribution >= 4 is 23.4 Å². The number of rotatable bonds is 4. The highest BCUT2D eigenvalue weighted by molar-refractivity contribution is 5.91. The molecule has 1 aromatic rings. The van der Waals surface area contributed by atoms with E-state index in [1.807, 2.05) is 0 Å². The molecule has 0 aliphatic carbocycles. The Balaban J connectivity index is 2.78. The topological polar surface area (TPSA) is 113 Å². The highest BCUT2D eigenvalue weighted by Crippen LogP contribution is 2.21. The summed E-state index contributed by atoms with van der Waals surface area (Å²) in [6.45, 7) is 1.12. The van der Waals surface area contributed by atoms with Crippen LogP contribution in [0.3, 0.4) is 0 Å². The second-order valence-corrected chi connectivity index (χ2v) is 3.94. The van der Waals surface area contributed by atoms with E-state index in [0.717, 1.165) is 4.90 Å². The van der Waals surface area contributed by atoms with Gasteiger partial charge in [-0.15, -0.1) is 0 Å². The van der Waals surface area contributed by atoms with Crippen molar-refractivity contribution in [3.63, 3.8) is 0 Å². The molecule has 1 rings (SSSR count). The molecule has 19 heavy (non-hydrogen) atoms. The van der Waals surface area contributed by atoms with E-state index in [-0.39, 0.29) is 5.69 Å². The minimum atomic E-state index is -1.13. The van der Waals surface area contributed by atoms with Crippen LogP contribution in [0.25, 0.3) is 0 Å². The second kappa shape index (κ2) is 5.80. The molecule has 0 saturated heterocycles. The van der Waals surface area contributed by atoms with Gasteiger partial charge in [-0.05, 0) is 19.1 Å². The number of nitro groups is 1. The Morgan fingerprint density at radius 2 is 2.11 bits per heavy atom. The van der Waals surface area contributed by atoms with Gasteiger partial charge >= 0.3 is 12.0 Å². The average Bonchev–Trinajstić information content (AvgIpc) is 2.27. The van der Waals surface area contributed by atoms with Gasteiger partial charge in [-0.1, -0.05) is 0 Å². The Morgan fingerprint density at radius 1 is 1.47 bits per heavy atom. The number of amides is 2. The van der Waals surface area contributed by atoms with Gasteiger partial charge in [-0.3, -0.25) is 14.9 Å². The number of carboxylic acid groups (broad SMARTS) is 1. The maximum atomic E-state index is 11.6. The summed E-state index contributed by atoms with van der Waals surface area (Å²) >= 11 is 0. The molecule has 0 saturated carbocycles. The van der Waals surface area contributed by atoms with E-state index in [1.165, 1.54) is 25.2 Å². The Kier molecular flexibility index (Phi) is 4.41. The summed E-state index contributed by atoms with van der Waals surface area (Å²) in [5.74, 6) is -1.13. The number of carbonyl (C=O) groups is 2. The van der Waals surface area contributed by atoms with Gasteiger partial charge in [0, 0.05) is 24.4 Å². The number of aryl methyl sites for hydroxylation is 1. The van der Waals surface area contributed by atoms with Gasteiger partial charge in [0.25, 0.3) is 5.69 Å². The molecule has 8 heteroatoms. The fourth-order valence-corrected chi connectivity index (χ4v) is 1.43. The van der Waals surface area contributed by atoms with E-state index in [1.54, 1.807) is 6.92 Å². The number of hydrogen-bond donors (Lipinski definition) is 2. The zero-order chi connectivity index (χ0) is 14.6. The first kappa shape index (κ1) is 14.4. The van der Waals surface area contributed by atoms with Crippen LogP contribution in [-0.2, 0) is 4.79 Å². The number of urea groups is 1. The first-order valence-electron chi connectivity index (χ1n) is 5.30. The van der Waals surface area contributed by atoms with Gasteiger partial charge in [0.05, 0.1) is 4.92 Å². The van der Waals surface area contributed by atoms with Crippen molar-refractivity contribution in [2.45, 2.75) is 6.92 Å². The molecule has 0 atom stereocenters. The zero-order valence-electron chi connectivity index (χ0n) is 10.4. The number of carbonyl (C=O) groups excluding carboxylic acids is 1. The van der Waals surface area contributed by atoms with E-state index in [4.69, 9.17) is 5.11 Å². The lowest BCUT2D eigenvalue weighted by atomic mass is 10.2. The number of nitrogens with zero attached hydrogens (tertiary/aromatic N) is 2. The van der Waals surface area contributed by atoms with Gasteiger partial charge in [-0.25, -0.2) is 4.79 Å². The maximum Gasteiger partial charge on any atom is 0.323 e. The summed E-state index contributed by atoms with van der Waals surface area (Å²) in [5, 5.41) is 21.6. The third-order valence-electron chi connectivity index (χ3n) is 2.36. The molecule has 102 valence electrons. The fourth-order valence-electron chi connectivity index (χ4n) is 1.43. The zero-order valence-corrected chi connectivity index (χ0v) is 10.4. The smallest absolute Gasteiger partial charge is 0.323 e. The van der Waals surface area contributed by atoms with Crippen LogP contribution >= 0.6 is 0 Å². The van der Waals surface area contributed by atoms with Crippen LogP contribution in [0.15, 0.2) is 18.2 Å². The average molecular weight is 267 g/mol. The minimum Gasteiger partial charge on any atom is -0.480 e. The standard InChI is InChI=1S/C11H13N3O5/c1-7-5-8(3-4-9(7)14(18)19)12-11(17)13(2)6-10(15)16/h3-5H,6H2,1-2H3,(H,12,17)(H,15,16). The molecular weight excluding hydrogens is 254 g/mol. The third kappa shape index (κ3) is 3.95. The molecule has 0 aromatic heterocycles. The van der Waals surface area contributed by atoms with Gasteiger partial charge < -0.3 is 15.3 Å². The Bertz CT molecular complexity index is 529. The van der Waals surface area contributed by atoms with Gasteiger partial charge in [0.15, 0.2) is 0 Å². The van der Waals surface area contributed by atoms with Crippen LogP contribution in [0.1, 0.15) is 5.56 Å². The van der Waals surface area contributed by atoms with Crippen molar-refractivity contribution < 1.29 is 19.6 Å². The maximum absolute atomic E-state index is 11.6. The molecule has 8 nitrogen and oxygen atoms in total. The highest BCUT2D eigenvalue weighted by atomic mass is 16.6. The SMILES string of the molecule is Cc1cc(NC(=O)N(C)CC(=O)O)ccc1[N+](=O)[O-]. The molecule has 2 amide bonds. The third-order valence-corrected chi connectivity index (χ3v) is 2.36. The van der Waals surface area contributed by atoms with Crippen LogP contribution in [0.2, 0.25) is 0 Å². The molecule has 1 aromatic carbocycles. The molecule has 0 radical (unpaired) electrons. The van der Waals surface area contributed by atoms with Gasteiger partial charge in [0.2, 0.25) is 0 Å². The molecule has 0 spiro atoms. The van der Waals surface area contributed by atoms with Crippen molar-refractivity contribution in [2.24, 2.45) is 0 Å². The number of nitro benzene ring substituents is 1. The number of nitrogens with one attached hydrogen (secondary N) is 1. The number of anilines is 1. The largest absolute Gasteiger partial charge is 0.480 e. The van der Waals surface area contributed by atoms with Crippen LogP contribution in [-0.4, -0.2) is 40.5 Å². The van der Waals surface area contributed by atoms with Crippen LogP contribution < -0.4 is 5.32 Å². The van der Waals surface area contributed by atoms with Crippen LogP contribution in [0, 0.1) is 17.0 Å². The van der Waals surface area contributed by atoms with E-state index in [2.05, 4.69) is 5.32 Å². The minimum absolute atomic E-state index is 0.0445. The quantitative estimate of drug-likeness (QED) is 0.633. The summed E-state index contributed by atoms with van der Waals surface area (Å²) in [6.07, 6.45) is 0. The summed E-state index contributed by atoms with van der Waals surface area (Å²) in [5.41, 5.74) is 0.728. The second-order valence-electron chi connectivity index (χ2n) is 3.94. The fraction of sp³-hybridized carbons (Fsp3) is 0.273. The molecular formula is C11H13N3O5. The van der Waals surface area contributed by atoms with E-state index in [9.17, 15) is 19.7 Å². The molecule has 0 aliphatic rings. The number of aliphatic carboxylic acids is 1. The Labute approximate surface area is 108 Å². The Hall–Kier alpha value is -2.64. The first-order valence-corrected chi connectivity index (χ1v) is 5.30. The molecule has 0 heterocycles. The van der Waals surface area contributed by atoms with Gasteiger partial charge in [-0.2, -0.15) is 0 Å². The van der Waals surface area contributed by atoms with Gasteiger partial charge in [0.1, 0.15) is 6.54 Å². The predicted molar refractivity (Wildman–Crippen MR) is 67.1 cm³/mol. The number of hydrogen-bond acceptors (Lipinski definition) is 4. The normalized spacial score (nSPS) is 9.79. The van der Waals surface area contributed by atoms with Crippen molar-refractivity contribution in [3.05, 3.63) is 33.9 Å². The summed E-state index contributed by atoms with van der Waals surface area (Å²) in [4.78, 5) is 33.1. The molecule has 0 aliphatic heterocycles. The van der Waals surface area contributed by atoms with E-state index >= 15 is 0 Å². The summed E-state index contributed by atoms with van der Waals surface area (Å²) < 4.78 is 0. The lowest BCUT2D eigenvalue weighted by Crippen LogP contribution is -2.35. The lowest BCUT2D eigenvalue weighted by molar-refractivity contribution is -0.385. The number of carboxylic acids is 1. The van der Waals surface area contributed by atoms with Crippen LogP contribution in [0.4, 0.5) is 16.2 Å². The lowest BCUT2D eigenvalue weighted by Gasteiger charge is -2.15. The number of likely N-dealkylation sites (N-methyl/N-ethyl adjacent to an activating group) is 1. The predicted octanol–water partition coefficient (Wildman–Crippen LogP) is 1.45. The molecule has 2 N–H and O–H groups in total. The highest BCUT2D eigenvalue weighted by Gasteiger charge is 2.14. The van der Waals surface area contributed by atoms with Crippen molar-refractivity contribution in [2.75, 3.05) is 18.9 Å². The molecule has 0 fully saturated rings. The van der Waals surface area contributed by atoms with Crippen molar-refractivity contribution in [1.82, 2.24) is 4.90 Å². The van der Waals surface area contributed by atoms with E-state index < -0.39 is 23.5 Å². The van der Waals surface area contributed by atoms with Crippen molar-refractivity contribution in [1.29, 1.82) is 0 Å². The Morgan fingerprint density at radius 3 is 2.58 bits per heavy atom. The first-order chi connectivity index (χ1) is 8.81. The van der Waals surface area contributed by atoms with Crippen LogP contribution in [0.5, 0.6) is 0 Å². The molecule has 0 bridgehead atoms. The monoisotopic (exact) mass is 267 g/mol. The number of benzene rings is 1. The van der Waals surface area contributed by atoms with Crippen molar-refractivity contribution in [3.8, 4) is 0 Å². The van der Waals surface area contributed by atoms with E-state index in [0.29, 0.717) is 11.3 Å². The summed E-state index contributed by atoms with van der Waals surface area (Å²) in [6, 6.07) is 3.51.